The maximum atomic E-state index is 10.9. The Balaban J connectivity index is 2.48. The van der Waals surface area contributed by atoms with E-state index in [0.29, 0.717) is 0 Å². The Labute approximate surface area is 106 Å². The highest BCUT2D eigenvalue weighted by molar-refractivity contribution is 5.71. The van der Waals surface area contributed by atoms with Crippen LogP contribution in [-0.2, 0) is 17.8 Å². The Hall–Kier alpha value is -1.81. The maximum absolute atomic E-state index is 10.9. The van der Waals surface area contributed by atoms with Crippen LogP contribution in [0.3, 0.4) is 0 Å². The van der Waals surface area contributed by atoms with Crippen molar-refractivity contribution in [3.8, 4) is 0 Å². The maximum Gasteiger partial charge on any atom is 0.309 e. The Morgan fingerprint density at radius 3 is 2.72 bits per heavy atom. The molecule has 0 saturated carbocycles. The smallest absolute Gasteiger partial charge is 0.309 e. The summed E-state index contributed by atoms with van der Waals surface area (Å²) in [5.74, 6) is -0.795. The van der Waals surface area contributed by atoms with Crippen LogP contribution in [0.1, 0.15) is 16.8 Å². The third-order valence-electron chi connectivity index (χ3n) is 2.97. The van der Waals surface area contributed by atoms with Crippen molar-refractivity contribution in [3.63, 3.8) is 0 Å². The highest BCUT2D eigenvalue weighted by atomic mass is 16.4. The molecule has 0 radical (unpaired) electrons. The molecular weight excluding hydrogens is 228 g/mol. The number of fused-ring (bicyclic) bond motifs is 1. The largest absolute Gasteiger partial charge is 0.481 e. The van der Waals surface area contributed by atoms with Crippen molar-refractivity contribution in [1.82, 2.24) is 9.30 Å². The zero-order valence-corrected chi connectivity index (χ0v) is 11.0. The minimum atomic E-state index is -0.795. The van der Waals surface area contributed by atoms with Gasteiger partial charge >= 0.3 is 5.97 Å². The molecule has 0 spiro atoms. The summed E-state index contributed by atoms with van der Waals surface area (Å²) in [6.45, 7) is 2.80. The summed E-state index contributed by atoms with van der Waals surface area (Å²) >= 11 is 0. The lowest BCUT2D eigenvalue weighted by Crippen LogP contribution is -2.11. The van der Waals surface area contributed by atoms with Crippen LogP contribution in [0.15, 0.2) is 24.4 Å². The highest BCUT2D eigenvalue weighted by Gasteiger charge is 2.11. The van der Waals surface area contributed by atoms with Crippen LogP contribution in [-0.4, -0.2) is 34.5 Å². The normalized spacial score (nSPS) is 11.3. The van der Waals surface area contributed by atoms with Gasteiger partial charge < -0.3 is 14.4 Å². The van der Waals surface area contributed by atoms with E-state index in [4.69, 9.17) is 5.11 Å². The number of hydrogen-bond donors (Lipinski definition) is 1. The van der Waals surface area contributed by atoms with E-state index in [1.54, 1.807) is 0 Å². The fraction of sp³-hybridized carbons (Fsp3) is 0.357. The summed E-state index contributed by atoms with van der Waals surface area (Å²) in [4.78, 5) is 13.0. The number of rotatable bonds is 4. The fourth-order valence-electron chi connectivity index (χ4n) is 2.23. The predicted molar refractivity (Wildman–Crippen MR) is 70.9 cm³/mol. The molecule has 2 aromatic rings. The van der Waals surface area contributed by atoms with E-state index in [0.717, 1.165) is 23.3 Å². The molecule has 4 heteroatoms. The molecule has 0 unspecified atom stereocenters. The molecule has 2 aromatic heterocycles. The van der Waals surface area contributed by atoms with E-state index in [9.17, 15) is 4.79 Å². The molecule has 18 heavy (non-hydrogen) atoms. The van der Waals surface area contributed by atoms with Gasteiger partial charge in [0.2, 0.25) is 0 Å². The molecule has 1 N–H and O–H groups in total. The van der Waals surface area contributed by atoms with E-state index in [2.05, 4.69) is 11.0 Å². The van der Waals surface area contributed by atoms with Crippen molar-refractivity contribution in [2.24, 2.45) is 0 Å². The third kappa shape index (κ3) is 2.54. The molecular formula is C14H18N2O2. The number of aliphatic carboxylic acids is 1. The van der Waals surface area contributed by atoms with Crippen LogP contribution in [0.2, 0.25) is 0 Å². The second kappa shape index (κ2) is 4.82. The quantitative estimate of drug-likeness (QED) is 0.896. The number of aromatic nitrogens is 1. The van der Waals surface area contributed by atoms with Crippen molar-refractivity contribution >= 4 is 11.5 Å². The van der Waals surface area contributed by atoms with Crippen LogP contribution >= 0.6 is 0 Å². The second-order valence-electron chi connectivity index (χ2n) is 4.91. The van der Waals surface area contributed by atoms with Crippen molar-refractivity contribution in [1.29, 1.82) is 0 Å². The first kappa shape index (κ1) is 12.6. The van der Waals surface area contributed by atoms with Crippen molar-refractivity contribution < 1.29 is 9.90 Å². The summed E-state index contributed by atoms with van der Waals surface area (Å²) < 4.78 is 1.99. The summed E-state index contributed by atoms with van der Waals surface area (Å²) in [6.07, 6.45) is 2.09. The molecule has 4 nitrogen and oxygen atoms in total. The van der Waals surface area contributed by atoms with Crippen LogP contribution in [0, 0.1) is 6.92 Å². The standard InChI is InChI=1S/C14H18N2O2/c1-10-6-12-5-4-11(8-15(2)3)9-16(12)13(10)7-14(17)18/h4-6,9H,7-8H2,1-3H3,(H,17,18). The molecule has 0 saturated heterocycles. The van der Waals surface area contributed by atoms with Gasteiger partial charge in [-0.25, -0.2) is 0 Å². The number of pyridine rings is 1. The first-order valence-corrected chi connectivity index (χ1v) is 5.93. The number of aryl methyl sites for hydroxylation is 1. The Bertz CT molecular complexity index is 585. The van der Waals surface area contributed by atoms with Gasteiger partial charge in [0.05, 0.1) is 6.42 Å². The number of carboxylic acid groups (broad SMARTS) is 1. The molecule has 0 aromatic carbocycles. The summed E-state index contributed by atoms with van der Waals surface area (Å²) in [5.41, 5.74) is 4.11. The fourth-order valence-corrected chi connectivity index (χ4v) is 2.23. The minimum Gasteiger partial charge on any atom is -0.481 e. The average Bonchev–Trinajstić information content (AvgIpc) is 2.54. The van der Waals surface area contributed by atoms with Crippen molar-refractivity contribution in [3.05, 3.63) is 41.2 Å². The van der Waals surface area contributed by atoms with Gasteiger partial charge in [-0.05, 0) is 44.3 Å². The van der Waals surface area contributed by atoms with Crippen molar-refractivity contribution in [2.75, 3.05) is 14.1 Å². The predicted octanol–water partition coefficient (Wildman–Crippen LogP) is 1.94. The molecule has 0 aliphatic rings. The molecule has 0 amide bonds. The third-order valence-corrected chi connectivity index (χ3v) is 2.97. The summed E-state index contributed by atoms with van der Waals surface area (Å²) in [7, 11) is 4.03. The number of carbonyl (C=O) groups is 1. The molecule has 96 valence electrons. The molecule has 0 aliphatic carbocycles. The monoisotopic (exact) mass is 246 g/mol. The highest BCUT2D eigenvalue weighted by Crippen LogP contribution is 2.18. The lowest BCUT2D eigenvalue weighted by atomic mass is 10.2. The van der Waals surface area contributed by atoms with E-state index >= 15 is 0 Å². The first-order chi connectivity index (χ1) is 8.47. The topological polar surface area (TPSA) is 45.0 Å². The second-order valence-corrected chi connectivity index (χ2v) is 4.91. The van der Waals surface area contributed by atoms with Gasteiger partial charge in [-0.15, -0.1) is 0 Å². The van der Waals surface area contributed by atoms with Crippen molar-refractivity contribution in [2.45, 2.75) is 19.9 Å². The zero-order valence-electron chi connectivity index (χ0n) is 11.0. The lowest BCUT2D eigenvalue weighted by Gasteiger charge is -2.11. The van der Waals surface area contributed by atoms with E-state index < -0.39 is 5.97 Å². The Morgan fingerprint density at radius 2 is 2.11 bits per heavy atom. The summed E-state index contributed by atoms with van der Waals surface area (Å²) in [5, 5.41) is 8.96. The van der Waals surface area contributed by atoms with Gasteiger partial charge in [-0.1, -0.05) is 6.07 Å². The average molecular weight is 246 g/mol. The molecule has 2 heterocycles. The van der Waals surface area contributed by atoms with Gasteiger partial charge in [-0.2, -0.15) is 0 Å². The van der Waals surface area contributed by atoms with Crippen LogP contribution < -0.4 is 0 Å². The zero-order chi connectivity index (χ0) is 13.3. The molecule has 0 atom stereocenters. The number of hydrogen-bond acceptors (Lipinski definition) is 2. The SMILES string of the molecule is Cc1cc2ccc(CN(C)C)cn2c1CC(=O)O. The van der Waals surface area contributed by atoms with Gasteiger partial charge in [0.1, 0.15) is 0 Å². The van der Waals surface area contributed by atoms with Crippen LogP contribution in [0.5, 0.6) is 0 Å². The van der Waals surface area contributed by atoms with Gasteiger partial charge in [0.15, 0.2) is 0 Å². The van der Waals surface area contributed by atoms with E-state index in [-0.39, 0.29) is 6.42 Å². The van der Waals surface area contributed by atoms with Gasteiger partial charge in [0, 0.05) is 24.0 Å². The van der Waals surface area contributed by atoms with Gasteiger partial charge in [0.25, 0.3) is 0 Å². The van der Waals surface area contributed by atoms with E-state index in [1.807, 2.05) is 43.7 Å². The lowest BCUT2D eigenvalue weighted by molar-refractivity contribution is -0.136. The molecule has 0 bridgehead atoms. The van der Waals surface area contributed by atoms with Crippen LogP contribution in [0.4, 0.5) is 0 Å². The number of nitrogens with zero attached hydrogens (tertiary/aromatic N) is 2. The molecule has 0 fully saturated rings. The summed E-state index contributed by atoms with van der Waals surface area (Å²) in [6, 6.07) is 6.15. The Kier molecular flexibility index (Phi) is 3.39. The molecule has 0 aliphatic heterocycles. The van der Waals surface area contributed by atoms with Crippen LogP contribution in [0.25, 0.3) is 5.52 Å². The molecule has 2 rings (SSSR count). The van der Waals surface area contributed by atoms with Gasteiger partial charge in [-0.3, -0.25) is 4.79 Å². The first-order valence-electron chi connectivity index (χ1n) is 5.93. The number of carboxylic acids is 1. The Morgan fingerprint density at radius 1 is 1.39 bits per heavy atom. The van der Waals surface area contributed by atoms with E-state index in [1.165, 1.54) is 5.56 Å². The minimum absolute atomic E-state index is 0.0609.